The average molecular weight is 236 g/mol. The summed E-state index contributed by atoms with van der Waals surface area (Å²) in [4.78, 5) is 0. The molecule has 1 heterocycles. The van der Waals surface area contributed by atoms with Gasteiger partial charge in [0.25, 0.3) is 0 Å². The monoisotopic (exact) mass is 236 g/mol. The van der Waals surface area contributed by atoms with Gasteiger partial charge in [-0.3, -0.25) is 0 Å². The van der Waals surface area contributed by atoms with Crippen LogP contribution in [0.15, 0.2) is 0 Å². The highest BCUT2D eigenvalue weighted by atomic mass is 15.3. The van der Waals surface area contributed by atoms with E-state index in [0.29, 0.717) is 12.6 Å². The zero-order valence-corrected chi connectivity index (χ0v) is 11.0. The molecule has 0 atom stereocenters. The molecule has 1 aromatic rings. The summed E-state index contributed by atoms with van der Waals surface area (Å²) in [5.41, 5.74) is 5.71. The van der Waals surface area contributed by atoms with Gasteiger partial charge < -0.3 is 10.3 Å². The smallest absolute Gasteiger partial charge is 0.147 e. The molecular weight excluding hydrogens is 212 g/mol. The maximum atomic E-state index is 5.71. The number of aromatic nitrogens is 3. The van der Waals surface area contributed by atoms with Crippen molar-refractivity contribution in [2.24, 2.45) is 11.7 Å². The van der Waals surface area contributed by atoms with Crippen LogP contribution < -0.4 is 5.73 Å². The number of rotatable bonds is 4. The average Bonchev–Trinajstić information content (AvgIpc) is 2.73. The van der Waals surface area contributed by atoms with E-state index in [1.54, 1.807) is 0 Å². The van der Waals surface area contributed by atoms with Gasteiger partial charge in [0.2, 0.25) is 0 Å². The van der Waals surface area contributed by atoms with Gasteiger partial charge in [-0.2, -0.15) is 0 Å². The van der Waals surface area contributed by atoms with E-state index in [4.69, 9.17) is 5.73 Å². The lowest BCUT2D eigenvalue weighted by Crippen LogP contribution is -2.17. The lowest BCUT2D eigenvalue weighted by Gasteiger charge is -2.22. The van der Waals surface area contributed by atoms with Gasteiger partial charge in [0.1, 0.15) is 11.6 Å². The van der Waals surface area contributed by atoms with Crippen LogP contribution in [0.4, 0.5) is 0 Å². The van der Waals surface area contributed by atoms with Crippen LogP contribution in [-0.4, -0.2) is 14.8 Å². The van der Waals surface area contributed by atoms with Gasteiger partial charge in [-0.15, -0.1) is 10.2 Å². The highest BCUT2D eigenvalue weighted by molar-refractivity contribution is 4.99. The first-order valence-electron chi connectivity index (χ1n) is 6.85. The Balaban J connectivity index is 2.11. The topological polar surface area (TPSA) is 56.7 Å². The maximum absolute atomic E-state index is 5.71. The second-order valence-electron chi connectivity index (χ2n) is 5.41. The molecular formula is C13H24N4. The minimum atomic E-state index is 0.405. The van der Waals surface area contributed by atoms with E-state index in [1.165, 1.54) is 32.1 Å². The second kappa shape index (κ2) is 5.63. The lowest BCUT2D eigenvalue weighted by atomic mass is 9.87. The van der Waals surface area contributed by atoms with E-state index in [0.717, 1.165) is 24.0 Å². The van der Waals surface area contributed by atoms with Crippen molar-refractivity contribution >= 4 is 0 Å². The van der Waals surface area contributed by atoms with E-state index in [2.05, 4.69) is 28.6 Å². The van der Waals surface area contributed by atoms with Gasteiger partial charge in [0.15, 0.2) is 0 Å². The number of nitrogens with zero attached hydrogens (tertiary/aromatic N) is 3. The molecule has 0 spiro atoms. The molecule has 0 bridgehead atoms. The molecule has 17 heavy (non-hydrogen) atoms. The summed E-state index contributed by atoms with van der Waals surface area (Å²) in [5.74, 6) is 2.86. The third-order valence-corrected chi connectivity index (χ3v) is 3.73. The van der Waals surface area contributed by atoms with Crippen molar-refractivity contribution in [3.05, 3.63) is 11.6 Å². The minimum absolute atomic E-state index is 0.405. The molecule has 0 radical (unpaired) electrons. The molecule has 96 valence electrons. The summed E-state index contributed by atoms with van der Waals surface area (Å²) in [6.45, 7) is 4.83. The van der Waals surface area contributed by atoms with Crippen molar-refractivity contribution in [1.82, 2.24) is 14.8 Å². The molecule has 0 aliphatic heterocycles. The predicted octanol–water partition coefficient (Wildman–Crippen LogP) is 2.44. The van der Waals surface area contributed by atoms with Gasteiger partial charge in [0, 0.05) is 12.5 Å². The predicted molar refractivity (Wildman–Crippen MR) is 68.6 cm³/mol. The number of hydrogen-bond acceptors (Lipinski definition) is 3. The van der Waals surface area contributed by atoms with Gasteiger partial charge in [0.05, 0.1) is 6.54 Å². The van der Waals surface area contributed by atoms with Crippen molar-refractivity contribution in [3.8, 4) is 0 Å². The van der Waals surface area contributed by atoms with Crippen LogP contribution in [0.25, 0.3) is 0 Å². The first-order chi connectivity index (χ1) is 8.22. The van der Waals surface area contributed by atoms with E-state index >= 15 is 0 Å². The zero-order chi connectivity index (χ0) is 12.3. The van der Waals surface area contributed by atoms with Crippen molar-refractivity contribution in [3.63, 3.8) is 0 Å². The summed E-state index contributed by atoms with van der Waals surface area (Å²) < 4.78 is 2.22. The van der Waals surface area contributed by atoms with E-state index in [1.807, 2.05) is 0 Å². The molecule has 0 aromatic carbocycles. The molecule has 2 rings (SSSR count). The van der Waals surface area contributed by atoms with Crippen molar-refractivity contribution < 1.29 is 0 Å². The molecule has 0 saturated heterocycles. The Morgan fingerprint density at radius 3 is 2.41 bits per heavy atom. The fourth-order valence-electron chi connectivity index (χ4n) is 2.88. The fourth-order valence-corrected chi connectivity index (χ4v) is 2.88. The Morgan fingerprint density at radius 1 is 1.18 bits per heavy atom. The van der Waals surface area contributed by atoms with Crippen LogP contribution >= 0.6 is 0 Å². The molecule has 0 amide bonds. The van der Waals surface area contributed by atoms with Gasteiger partial charge in [-0.05, 0) is 19.8 Å². The van der Waals surface area contributed by atoms with E-state index in [-0.39, 0.29) is 0 Å². The van der Waals surface area contributed by atoms with E-state index < -0.39 is 0 Å². The van der Waals surface area contributed by atoms with E-state index in [9.17, 15) is 0 Å². The van der Waals surface area contributed by atoms with Crippen LogP contribution in [0.5, 0.6) is 0 Å². The molecule has 4 heteroatoms. The zero-order valence-electron chi connectivity index (χ0n) is 11.0. The molecule has 1 saturated carbocycles. The first-order valence-corrected chi connectivity index (χ1v) is 6.85. The highest BCUT2D eigenvalue weighted by Gasteiger charge is 2.19. The van der Waals surface area contributed by atoms with Crippen molar-refractivity contribution in [2.75, 3.05) is 0 Å². The summed E-state index contributed by atoms with van der Waals surface area (Å²) in [5, 5.41) is 8.54. The fraction of sp³-hybridized carbons (Fsp3) is 0.846. The molecule has 4 nitrogen and oxygen atoms in total. The second-order valence-corrected chi connectivity index (χ2v) is 5.41. The number of nitrogens with two attached hydrogens (primary N) is 1. The quantitative estimate of drug-likeness (QED) is 0.873. The standard InChI is InChI=1S/C13H24N4/c1-10(2)17-12(15-16-13(17)9-14)8-11-6-4-3-5-7-11/h10-11H,3-9,14H2,1-2H3. The Kier molecular flexibility index (Phi) is 4.15. The molecule has 1 aliphatic carbocycles. The summed E-state index contributed by atoms with van der Waals surface area (Å²) in [6.07, 6.45) is 7.94. The summed E-state index contributed by atoms with van der Waals surface area (Å²) >= 11 is 0. The lowest BCUT2D eigenvalue weighted by molar-refractivity contribution is 0.344. The van der Waals surface area contributed by atoms with Crippen LogP contribution in [0, 0.1) is 5.92 Å². The minimum Gasteiger partial charge on any atom is -0.324 e. The molecule has 1 aliphatic rings. The van der Waals surface area contributed by atoms with Gasteiger partial charge in [-0.1, -0.05) is 32.1 Å². The highest BCUT2D eigenvalue weighted by Crippen LogP contribution is 2.27. The van der Waals surface area contributed by atoms with Crippen molar-refractivity contribution in [1.29, 1.82) is 0 Å². The summed E-state index contributed by atoms with van der Waals surface area (Å²) in [6, 6.07) is 0.405. The third kappa shape index (κ3) is 2.86. The largest absolute Gasteiger partial charge is 0.324 e. The van der Waals surface area contributed by atoms with Crippen LogP contribution in [0.3, 0.4) is 0 Å². The Hall–Kier alpha value is -0.900. The van der Waals surface area contributed by atoms with Crippen LogP contribution in [-0.2, 0) is 13.0 Å². The first kappa shape index (κ1) is 12.6. The normalized spacial score (nSPS) is 17.9. The Bertz CT molecular complexity index is 350. The summed E-state index contributed by atoms with van der Waals surface area (Å²) in [7, 11) is 0. The molecule has 0 unspecified atom stereocenters. The van der Waals surface area contributed by atoms with Crippen LogP contribution in [0.1, 0.15) is 63.6 Å². The van der Waals surface area contributed by atoms with Crippen LogP contribution in [0.2, 0.25) is 0 Å². The molecule has 1 aromatic heterocycles. The van der Waals surface area contributed by atoms with Gasteiger partial charge in [-0.25, -0.2) is 0 Å². The third-order valence-electron chi connectivity index (χ3n) is 3.73. The number of hydrogen-bond donors (Lipinski definition) is 1. The Labute approximate surface area is 104 Å². The molecule has 1 fully saturated rings. The maximum Gasteiger partial charge on any atom is 0.147 e. The molecule has 2 N–H and O–H groups in total. The SMILES string of the molecule is CC(C)n1c(CN)nnc1CC1CCCCC1. The van der Waals surface area contributed by atoms with Crippen molar-refractivity contribution in [2.45, 2.75) is 65.0 Å². The van der Waals surface area contributed by atoms with Gasteiger partial charge >= 0.3 is 0 Å². The Morgan fingerprint density at radius 2 is 1.82 bits per heavy atom.